The molecule has 0 saturated carbocycles. The third kappa shape index (κ3) is 2.54. The Morgan fingerprint density at radius 2 is 2.00 bits per heavy atom. The van der Waals surface area contributed by atoms with Crippen LogP contribution in [0.1, 0.15) is 24.2 Å². The number of anilines is 1. The summed E-state index contributed by atoms with van der Waals surface area (Å²) < 4.78 is 27.8. The predicted molar refractivity (Wildman–Crippen MR) is 73.9 cm³/mol. The summed E-state index contributed by atoms with van der Waals surface area (Å²) in [5.74, 6) is -0.551. The lowest BCUT2D eigenvalue weighted by molar-refractivity contribution is 0.506. The molecule has 1 atom stereocenters. The van der Waals surface area contributed by atoms with Crippen LogP contribution >= 0.6 is 0 Å². The van der Waals surface area contributed by atoms with Crippen LogP contribution in [0.4, 0.5) is 14.6 Å². The summed E-state index contributed by atoms with van der Waals surface area (Å²) in [5.41, 5.74) is 1.42. The van der Waals surface area contributed by atoms with Crippen molar-refractivity contribution in [2.45, 2.75) is 19.9 Å². The van der Waals surface area contributed by atoms with Gasteiger partial charge in [-0.1, -0.05) is 6.07 Å². The number of rotatable bonds is 3. The summed E-state index contributed by atoms with van der Waals surface area (Å²) in [6.45, 7) is 3.70. The summed E-state index contributed by atoms with van der Waals surface area (Å²) in [7, 11) is 0. The summed E-state index contributed by atoms with van der Waals surface area (Å²) in [5, 5.41) is 7.29. The average Bonchev–Trinajstić information content (AvgIpc) is 2.90. The minimum atomic E-state index is -0.863. The molecule has 1 N–H and O–H groups in total. The number of fused-ring (bicyclic) bond motifs is 1. The number of nitrogens with one attached hydrogen (secondary N) is 1. The molecule has 2 heterocycles. The number of aromatic nitrogens is 4. The number of aryl methyl sites for hydroxylation is 1. The van der Waals surface area contributed by atoms with Gasteiger partial charge in [-0.05, 0) is 31.5 Å². The topological polar surface area (TPSA) is 55.1 Å². The van der Waals surface area contributed by atoms with E-state index in [4.69, 9.17) is 0 Å². The quantitative estimate of drug-likeness (QED) is 0.805. The Kier molecular flexibility index (Phi) is 3.25. The number of hydrogen-bond donors (Lipinski definition) is 1. The second-order valence-corrected chi connectivity index (χ2v) is 4.79. The number of hydrogen-bond acceptors (Lipinski definition) is 4. The highest BCUT2D eigenvalue weighted by molar-refractivity contribution is 5.46. The van der Waals surface area contributed by atoms with E-state index in [1.54, 1.807) is 10.6 Å². The Hall–Kier alpha value is -2.57. The molecule has 1 aromatic carbocycles. The molecule has 0 aliphatic rings. The van der Waals surface area contributed by atoms with E-state index in [1.165, 1.54) is 12.4 Å². The van der Waals surface area contributed by atoms with Crippen molar-refractivity contribution in [2.24, 2.45) is 0 Å². The minimum Gasteiger partial charge on any atom is -0.363 e. The van der Waals surface area contributed by atoms with Crippen molar-refractivity contribution in [1.82, 2.24) is 19.6 Å². The van der Waals surface area contributed by atoms with Gasteiger partial charge in [0.25, 0.3) is 5.78 Å². The Balaban J connectivity index is 1.94. The lowest BCUT2D eigenvalue weighted by Crippen LogP contribution is -2.11. The van der Waals surface area contributed by atoms with Crippen molar-refractivity contribution in [3.8, 4) is 0 Å². The average molecular weight is 289 g/mol. The predicted octanol–water partition coefficient (Wildman–Crippen LogP) is 2.88. The molecular weight excluding hydrogens is 276 g/mol. The van der Waals surface area contributed by atoms with Gasteiger partial charge in [-0.2, -0.15) is 14.6 Å². The van der Waals surface area contributed by atoms with Gasteiger partial charge in [-0.25, -0.2) is 13.8 Å². The molecule has 7 heteroatoms. The molecule has 2 aromatic heterocycles. The van der Waals surface area contributed by atoms with E-state index in [1.807, 2.05) is 19.9 Å². The zero-order valence-corrected chi connectivity index (χ0v) is 11.5. The summed E-state index contributed by atoms with van der Waals surface area (Å²) in [4.78, 5) is 8.28. The van der Waals surface area contributed by atoms with Gasteiger partial charge in [0.1, 0.15) is 12.1 Å². The molecule has 0 aliphatic carbocycles. The molecule has 1 unspecified atom stereocenters. The third-order valence-electron chi connectivity index (χ3n) is 3.19. The van der Waals surface area contributed by atoms with Crippen LogP contribution in [0, 0.1) is 18.6 Å². The van der Waals surface area contributed by atoms with Crippen LogP contribution in [0.2, 0.25) is 0 Å². The molecule has 3 aromatic rings. The standard InChI is InChI=1S/C14H13F2N5/c1-8-5-13(21-14(19-8)17-7-18-21)20-9(2)10-3-4-11(15)12(16)6-10/h3-7,9,20H,1-2H3. The molecule has 0 saturated heterocycles. The van der Waals surface area contributed by atoms with E-state index < -0.39 is 11.6 Å². The fourth-order valence-corrected chi connectivity index (χ4v) is 2.12. The van der Waals surface area contributed by atoms with E-state index in [2.05, 4.69) is 20.4 Å². The van der Waals surface area contributed by atoms with Gasteiger partial charge in [0.2, 0.25) is 0 Å². The zero-order valence-electron chi connectivity index (χ0n) is 11.5. The van der Waals surface area contributed by atoms with Crippen molar-refractivity contribution in [2.75, 3.05) is 5.32 Å². The SMILES string of the molecule is Cc1cc(NC(C)c2ccc(F)c(F)c2)n2ncnc2n1. The molecule has 0 bridgehead atoms. The van der Waals surface area contributed by atoms with E-state index in [9.17, 15) is 8.78 Å². The fraction of sp³-hybridized carbons (Fsp3) is 0.214. The maximum Gasteiger partial charge on any atom is 0.254 e. The van der Waals surface area contributed by atoms with E-state index >= 15 is 0 Å². The molecule has 21 heavy (non-hydrogen) atoms. The monoisotopic (exact) mass is 289 g/mol. The molecule has 0 fully saturated rings. The van der Waals surface area contributed by atoms with Gasteiger partial charge in [0, 0.05) is 11.8 Å². The van der Waals surface area contributed by atoms with Crippen LogP contribution in [0.15, 0.2) is 30.6 Å². The van der Waals surface area contributed by atoms with Crippen LogP contribution in [0.25, 0.3) is 5.78 Å². The first-order valence-corrected chi connectivity index (χ1v) is 6.43. The van der Waals surface area contributed by atoms with Gasteiger partial charge in [-0.15, -0.1) is 0 Å². The van der Waals surface area contributed by atoms with Crippen molar-refractivity contribution in [1.29, 1.82) is 0 Å². The minimum absolute atomic E-state index is 0.228. The van der Waals surface area contributed by atoms with Gasteiger partial charge in [-0.3, -0.25) is 0 Å². The van der Waals surface area contributed by atoms with Gasteiger partial charge >= 0.3 is 0 Å². The highest BCUT2D eigenvalue weighted by atomic mass is 19.2. The third-order valence-corrected chi connectivity index (χ3v) is 3.19. The van der Waals surface area contributed by atoms with Gasteiger partial charge < -0.3 is 5.32 Å². The number of halogens is 2. The molecule has 5 nitrogen and oxygen atoms in total. The van der Waals surface area contributed by atoms with Crippen LogP contribution in [0.5, 0.6) is 0 Å². The van der Waals surface area contributed by atoms with Gasteiger partial charge in [0.05, 0.1) is 6.04 Å². The van der Waals surface area contributed by atoms with E-state index in [0.717, 1.165) is 11.8 Å². The van der Waals surface area contributed by atoms with Crippen LogP contribution in [-0.2, 0) is 0 Å². The van der Waals surface area contributed by atoms with Crippen LogP contribution < -0.4 is 5.32 Å². The smallest absolute Gasteiger partial charge is 0.254 e. The molecule has 3 rings (SSSR count). The van der Waals surface area contributed by atoms with Crippen molar-refractivity contribution in [3.63, 3.8) is 0 Å². The molecule has 0 radical (unpaired) electrons. The Labute approximate surface area is 119 Å². The molecule has 108 valence electrons. The molecular formula is C14H13F2N5. The molecule has 0 amide bonds. The van der Waals surface area contributed by atoms with Crippen LogP contribution in [-0.4, -0.2) is 19.6 Å². The first kappa shape index (κ1) is 13.4. The lowest BCUT2D eigenvalue weighted by Gasteiger charge is -2.16. The van der Waals surface area contributed by atoms with Gasteiger partial charge in [0.15, 0.2) is 11.6 Å². The van der Waals surface area contributed by atoms with Crippen molar-refractivity contribution in [3.05, 3.63) is 53.5 Å². The number of nitrogens with zero attached hydrogens (tertiary/aromatic N) is 4. The largest absolute Gasteiger partial charge is 0.363 e. The maximum absolute atomic E-state index is 13.3. The summed E-state index contributed by atoms with van der Waals surface area (Å²) in [6, 6.07) is 5.43. The Bertz CT molecular complexity index is 799. The Morgan fingerprint density at radius 1 is 1.19 bits per heavy atom. The van der Waals surface area contributed by atoms with E-state index in [0.29, 0.717) is 17.2 Å². The Morgan fingerprint density at radius 3 is 2.76 bits per heavy atom. The van der Waals surface area contributed by atoms with E-state index in [-0.39, 0.29) is 6.04 Å². The highest BCUT2D eigenvalue weighted by Gasteiger charge is 2.12. The van der Waals surface area contributed by atoms with Crippen molar-refractivity contribution < 1.29 is 8.78 Å². The normalized spacial score (nSPS) is 12.6. The second kappa shape index (κ2) is 5.08. The molecule has 0 aliphatic heterocycles. The van der Waals surface area contributed by atoms with Crippen molar-refractivity contribution >= 4 is 11.6 Å². The number of benzene rings is 1. The fourth-order valence-electron chi connectivity index (χ4n) is 2.12. The zero-order chi connectivity index (χ0) is 15.0. The first-order valence-electron chi connectivity index (χ1n) is 6.43. The highest BCUT2D eigenvalue weighted by Crippen LogP contribution is 2.21. The maximum atomic E-state index is 13.3. The first-order chi connectivity index (χ1) is 10.0. The van der Waals surface area contributed by atoms with Crippen LogP contribution in [0.3, 0.4) is 0 Å². The second-order valence-electron chi connectivity index (χ2n) is 4.79. The lowest BCUT2D eigenvalue weighted by atomic mass is 10.1. The summed E-state index contributed by atoms with van der Waals surface area (Å²) >= 11 is 0. The molecule has 0 spiro atoms. The summed E-state index contributed by atoms with van der Waals surface area (Å²) in [6.07, 6.45) is 1.41.